The molecule has 0 fully saturated rings. The second kappa shape index (κ2) is 4.38. The molecule has 0 aromatic heterocycles. The molecule has 0 unspecified atom stereocenters. The molecule has 0 aliphatic heterocycles. The van der Waals surface area contributed by atoms with Crippen LogP contribution in [0.5, 0.6) is 0 Å². The van der Waals surface area contributed by atoms with Gasteiger partial charge in [-0.2, -0.15) is 5.26 Å². The minimum Gasteiger partial charge on any atom is -0.258 e. The van der Waals surface area contributed by atoms with Crippen molar-refractivity contribution < 1.29 is 4.92 Å². The molecule has 0 aliphatic rings. The van der Waals surface area contributed by atoms with Crippen LogP contribution in [0.15, 0.2) is 18.2 Å². The van der Waals surface area contributed by atoms with E-state index in [1.165, 1.54) is 18.2 Å². The third kappa shape index (κ3) is 2.07. The Morgan fingerprint density at radius 2 is 2.29 bits per heavy atom. The smallest absolute Gasteiger partial charge is 0.258 e. The Morgan fingerprint density at radius 3 is 2.79 bits per heavy atom. The van der Waals surface area contributed by atoms with Crippen molar-refractivity contribution in [2.75, 3.05) is 0 Å². The topological polar surface area (TPSA) is 66.9 Å². The molecule has 0 spiro atoms. The molecule has 4 heteroatoms. The fourth-order valence-electron chi connectivity index (χ4n) is 1.28. The van der Waals surface area contributed by atoms with Gasteiger partial charge in [0.1, 0.15) is 0 Å². The van der Waals surface area contributed by atoms with E-state index in [0.29, 0.717) is 12.0 Å². The van der Waals surface area contributed by atoms with Gasteiger partial charge in [0.15, 0.2) is 0 Å². The SMILES string of the molecule is CCCc1cc([N+](=O)[O-])ccc1C#N. The number of nitro groups is 1. The summed E-state index contributed by atoms with van der Waals surface area (Å²) in [5.74, 6) is 0. The van der Waals surface area contributed by atoms with Crippen molar-refractivity contribution in [1.29, 1.82) is 5.26 Å². The lowest BCUT2D eigenvalue weighted by Crippen LogP contribution is -1.93. The lowest BCUT2D eigenvalue weighted by Gasteiger charge is -2.00. The maximum atomic E-state index is 10.5. The molecule has 4 nitrogen and oxygen atoms in total. The van der Waals surface area contributed by atoms with Crippen LogP contribution in [0.3, 0.4) is 0 Å². The van der Waals surface area contributed by atoms with Gasteiger partial charge in [0.25, 0.3) is 5.69 Å². The average molecular weight is 190 g/mol. The number of benzene rings is 1. The van der Waals surface area contributed by atoms with Crippen LogP contribution in [0, 0.1) is 21.4 Å². The third-order valence-corrected chi connectivity index (χ3v) is 1.94. The van der Waals surface area contributed by atoms with Gasteiger partial charge < -0.3 is 0 Å². The van der Waals surface area contributed by atoms with Crippen LogP contribution in [0.4, 0.5) is 5.69 Å². The van der Waals surface area contributed by atoms with E-state index in [2.05, 4.69) is 0 Å². The molecule has 0 amide bonds. The number of aryl methyl sites for hydroxylation is 1. The summed E-state index contributed by atoms with van der Waals surface area (Å²) < 4.78 is 0. The third-order valence-electron chi connectivity index (χ3n) is 1.94. The normalized spacial score (nSPS) is 9.43. The molecule has 0 atom stereocenters. The molecule has 14 heavy (non-hydrogen) atoms. The van der Waals surface area contributed by atoms with E-state index in [4.69, 9.17) is 5.26 Å². The van der Waals surface area contributed by atoms with Crippen LogP contribution in [0.2, 0.25) is 0 Å². The van der Waals surface area contributed by atoms with Crippen LogP contribution in [-0.2, 0) is 6.42 Å². The lowest BCUT2D eigenvalue weighted by molar-refractivity contribution is -0.384. The standard InChI is InChI=1S/C10H10N2O2/c1-2-3-8-6-10(12(13)14)5-4-9(8)7-11/h4-6H,2-3H2,1H3. The fraction of sp³-hybridized carbons (Fsp3) is 0.300. The zero-order valence-electron chi connectivity index (χ0n) is 7.86. The molecule has 0 bridgehead atoms. The number of nitro benzene ring substituents is 1. The fourth-order valence-corrected chi connectivity index (χ4v) is 1.28. The summed E-state index contributed by atoms with van der Waals surface area (Å²) in [7, 11) is 0. The second-order valence-corrected chi connectivity index (χ2v) is 2.96. The van der Waals surface area contributed by atoms with Crippen molar-refractivity contribution in [2.45, 2.75) is 19.8 Å². The summed E-state index contributed by atoms with van der Waals surface area (Å²) >= 11 is 0. The monoisotopic (exact) mass is 190 g/mol. The number of nitriles is 1. The van der Waals surface area contributed by atoms with Crippen molar-refractivity contribution in [3.05, 3.63) is 39.4 Å². The maximum absolute atomic E-state index is 10.5. The Hall–Kier alpha value is -1.89. The summed E-state index contributed by atoms with van der Waals surface area (Å²) in [6.45, 7) is 1.97. The van der Waals surface area contributed by atoms with E-state index < -0.39 is 4.92 Å². The van der Waals surface area contributed by atoms with Gasteiger partial charge in [0.2, 0.25) is 0 Å². The molecule has 72 valence electrons. The Bertz CT molecular complexity index is 394. The van der Waals surface area contributed by atoms with Crippen LogP contribution in [0.25, 0.3) is 0 Å². The molecule has 1 rings (SSSR count). The van der Waals surface area contributed by atoms with Gasteiger partial charge in [-0.1, -0.05) is 13.3 Å². The molecular weight excluding hydrogens is 180 g/mol. The van der Waals surface area contributed by atoms with Crippen molar-refractivity contribution in [2.24, 2.45) is 0 Å². The molecule has 1 aromatic carbocycles. The molecule has 0 aliphatic carbocycles. The molecule has 0 heterocycles. The Morgan fingerprint density at radius 1 is 1.57 bits per heavy atom. The Labute approximate surface area is 81.9 Å². The molecule has 0 N–H and O–H groups in total. The van der Waals surface area contributed by atoms with E-state index in [-0.39, 0.29) is 5.69 Å². The molecular formula is C10H10N2O2. The average Bonchev–Trinajstić information content (AvgIpc) is 2.18. The highest BCUT2D eigenvalue weighted by Gasteiger charge is 2.09. The van der Waals surface area contributed by atoms with Gasteiger partial charge >= 0.3 is 0 Å². The summed E-state index contributed by atoms with van der Waals surface area (Å²) in [5, 5.41) is 19.2. The van der Waals surface area contributed by atoms with E-state index in [0.717, 1.165) is 12.0 Å². The van der Waals surface area contributed by atoms with Gasteiger partial charge in [-0.15, -0.1) is 0 Å². The van der Waals surface area contributed by atoms with Crippen LogP contribution < -0.4 is 0 Å². The highest BCUT2D eigenvalue weighted by Crippen LogP contribution is 2.18. The number of hydrogen-bond acceptors (Lipinski definition) is 3. The largest absolute Gasteiger partial charge is 0.269 e. The van der Waals surface area contributed by atoms with E-state index in [1.807, 2.05) is 13.0 Å². The zero-order chi connectivity index (χ0) is 10.6. The number of rotatable bonds is 3. The van der Waals surface area contributed by atoms with Crippen LogP contribution in [0.1, 0.15) is 24.5 Å². The minimum atomic E-state index is -0.444. The van der Waals surface area contributed by atoms with Crippen molar-refractivity contribution in [3.8, 4) is 6.07 Å². The summed E-state index contributed by atoms with van der Waals surface area (Å²) in [6, 6.07) is 6.36. The summed E-state index contributed by atoms with van der Waals surface area (Å²) in [6.07, 6.45) is 1.57. The predicted molar refractivity (Wildman–Crippen MR) is 51.8 cm³/mol. The first-order chi connectivity index (χ1) is 6.69. The van der Waals surface area contributed by atoms with E-state index in [9.17, 15) is 10.1 Å². The second-order valence-electron chi connectivity index (χ2n) is 2.96. The minimum absolute atomic E-state index is 0.0486. The number of non-ortho nitro benzene ring substituents is 1. The molecule has 0 saturated carbocycles. The van der Waals surface area contributed by atoms with Gasteiger partial charge in [0, 0.05) is 12.1 Å². The van der Waals surface area contributed by atoms with Gasteiger partial charge in [-0.25, -0.2) is 0 Å². The predicted octanol–water partition coefficient (Wildman–Crippen LogP) is 2.42. The first-order valence-corrected chi connectivity index (χ1v) is 4.36. The number of hydrogen-bond donors (Lipinski definition) is 0. The summed E-state index contributed by atoms with van der Waals surface area (Å²) in [5.41, 5.74) is 1.33. The molecule has 1 aromatic rings. The van der Waals surface area contributed by atoms with Gasteiger partial charge in [0.05, 0.1) is 16.6 Å². The Balaban J connectivity index is 3.15. The van der Waals surface area contributed by atoms with Gasteiger partial charge in [-0.05, 0) is 18.1 Å². The van der Waals surface area contributed by atoms with Crippen molar-refractivity contribution in [1.82, 2.24) is 0 Å². The Kier molecular flexibility index (Phi) is 3.19. The highest BCUT2D eigenvalue weighted by atomic mass is 16.6. The van der Waals surface area contributed by atoms with Crippen LogP contribution >= 0.6 is 0 Å². The number of nitrogens with zero attached hydrogens (tertiary/aromatic N) is 2. The van der Waals surface area contributed by atoms with Crippen molar-refractivity contribution in [3.63, 3.8) is 0 Å². The highest BCUT2D eigenvalue weighted by molar-refractivity contribution is 5.45. The maximum Gasteiger partial charge on any atom is 0.269 e. The van der Waals surface area contributed by atoms with Crippen LogP contribution in [-0.4, -0.2) is 4.92 Å². The zero-order valence-corrected chi connectivity index (χ0v) is 7.86. The first-order valence-electron chi connectivity index (χ1n) is 4.36. The molecule has 0 radical (unpaired) electrons. The summed E-state index contributed by atoms with van der Waals surface area (Å²) in [4.78, 5) is 10.0. The molecule has 0 saturated heterocycles. The first kappa shape index (κ1) is 10.2. The van der Waals surface area contributed by atoms with E-state index in [1.54, 1.807) is 0 Å². The van der Waals surface area contributed by atoms with Crippen molar-refractivity contribution >= 4 is 5.69 Å². The quantitative estimate of drug-likeness (QED) is 0.543. The van der Waals surface area contributed by atoms with E-state index >= 15 is 0 Å². The lowest BCUT2D eigenvalue weighted by atomic mass is 10.0. The van der Waals surface area contributed by atoms with Gasteiger partial charge in [-0.3, -0.25) is 10.1 Å².